The van der Waals surface area contributed by atoms with Crippen LogP contribution in [0.15, 0.2) is 41.2 Å². The number of rotatable bonds is 2. The third kappa shape index (κ3) is 5.75. The van der Waals surface area contributed by atoms with Crippen molar-refractivity contribution < 1.29 is 22.8 Å². The van der Waals surface area contributed by atoms with Crippen LogP contribution >= 0.6 is 0 Å². The molecular weight excluding hydrogens is 475 g/mol. The fourth-order valence-electron chi connectivity index (χ4n) is 4.00. The van der Waals surface area contributed by atoms with E-state index in [4.69, 9.17) is 13.6 Å². The molecule has 1 N–H and O–H groups in total. The molecule has 0 radical (unpaired) electrons. The number of benzene rings is 2. The summed E-state index contributed by atoms with van der Waals surface area (Å²) in [6.45, 7) is 6.58. The lowest BCUT2D eigenvalue weighted by molar-refractivity contribution is 0.0494. The monoisotopic (exact) mass is 509 g/mol. The van der Waals surface area contributed by atoms with Crippen LogP contribution in [0.3, 0.4) is 0 Å². The molecule has 0 atom stereocenters. The molecule has 0 saturated heterocycles. The summed E-state index contributed by atoms with van der Waals surface area (Å²) < 4.78 is 50.3. The number of anilines is 2. The number of fused-ring (bicyclic) bond motifs is 2. The van der Waals surface area contributed by atoms with Crippen molar-refractivity contribution in [2.24, 2.45) is 6.98 Å². The molecule has 3 aromatic rings. The maximum absolute atomic E-state index is 15.3. The Hall–Kier alpha value is -3.90. The van der Waals surface area contributed by atoms with Gasteiger partial charge in [-0.2, -0.15) is 4.98 Å². The summed E-state index contributed by atoms with van der Waals surface area (Å²) >= 11 is 0. The Morgan fingerprint density at radius 1 is 1.22 bits per heavy atom. The van der Waals surface area contributed by atoms with Gasteiger partial charge in [0, 0.05) is 34.4 Å². The van der Waals surface area contributed by atoms with E-state index in [1.165, 1.54) is 18.2 Å². The molecule has 194 valence electrons. The topological polar surface area (TPSA) is 85.7 Å². The van der Waals surface area contributed by atoms with E-state index in [0.29, 0.717) is 21.4 Å². The number of alkyl carbamates (subject to hydrolysis) is 1. The minimum atomic E-state index is -2.85. The zero-order valence-electron chi connectivity index (χ0n) is 24.4. The molecule has 0 aliphatic carbocycles. The number of halogens is 1. The van der Waals surface area contributed by atoms with Crippen molar-refractivity contribution in [2.75, 3.05) is 18.1 Å². The first kappa shape index (κ1) is 22.3. The highest BCUT2D eigenvalue weighted by atomic mass is 19.1. The fourth-order valence-corrected chi connectivity index (χ4v) is 4.00. The van der Waals surface area contributed by atoms with E-state index in [1.54, 1.807) is 57.7 Å². The average Bonchev–Trinajstić information content (AvgIpc) is 3.02. The Kier molecular flexibility index (Phi) is 5.95. The van der Waals surface area contributed by atoms with Crippen molar-refractivity contribution in [1.82, 2.24) is 14.9 Å². The SMILES string of the molecule is [2H]C([2H])([2H])n1c(=O)nc(N2CCOCc3c(C#CC(C)(C)NC(=O)OC(C)(C)C)cccc32)c2c(F)cccc21. The Morgan fingerprint density at radius 3 is 2.70 bits per heavy atom. The largest absolute Gasteiger partial charge is 0.444 e. The van der Waals surface area contributed by atoms with Gasteiger partial charge in [0.1, 0.15) is 11.4 Å². The molecule has 1 aliphatic heterocycles. The third-order valence-corrected chi connectivity index (χ3v) is 5.58. The number of hydrogen-bond donors (Lipinski definition) is 1. The van der Waals surface area contributed by atoms with Gasteiger partial charge in [0.25, 0.3) is 0 Å². The van der Waals surface area contributed by atoms with Gasteiger partial charge in [-0.15, -0.1) is 0 Å². The van der Waals surface area contributed by atoms with Crippen LogP contribution in [0.1, 0.15) is 49.9 Å². The summed E-state index contributed by atoms with van der Waals surface area (Å²) in [4.78, 5) is 30.9. The Bertz CT molecular complexity index is 1580. The molecule has 2 heterocycles. The summed E-state index contributed by atoms with van der Waals surface area (Å²) in [5.74, 6) is 5.45. The van der Waals surface area contributed by atoms with E-state index in [2.05, 4.69) is 22.1 Å². The van der Waals surface area contributed by atoms with Crippen LogP contribution in [-0.4, -0.2) is 39.9 Å². The number of ether oxygens (including phenoxy) is 2. The summed E-state index contributed by atoms with van der Waals surface area (Å²) in [5.41, 5.74) is -0.844. The lowest BCUT2D eigenvalue weighted by Crippen LogP contribution is -2.44. The predicted octanol–water partition coefficient (Wildman–Crippen LogP) is 4.40. The lowest BCUT2D eigenvalue weighted by atomic mass is 10.0. The molecule has 8 nitrogen and oxygen atoms in total. The second-order valence-corrected chi connectivity index (χ2v) is 10.2. The van der Waals surface area contributed by atoms with Gasteiger partial charge >= 0.3 is 11.8 Å². The van der Waals surface area contributed by atoms with Gasteiger partial charge in [0.05, 0.1) is 29.7 Å². The van der Waals surface area contributed by atoms with Crippen LogP contribution < -0.4 is 15.9 Å². The molecule has 4 rings (SSSR count). The molecule has 0 unspecified atom stereocenters. The number of amides is 1. The van der Waals surface area contributed by atoms with Gasteiger partial charge in [-0.3, -0.25) is 4.57 Å². The van der Waals surface area contributed by atoms with Gasteiger partial charge in [-0.1, -0.05) is 24.0 Å². The highest BCUT2D eigenvalue weighted by molar-refractivity contribution is 5.92. The quantitative estimate of drug-likeness (QED) is 0.516. The maximum Gasteiger partial charge on any atom is 0.408 e. The van der Waals surface area contributed by atoms with Crippen molar-refractivity contribution in [1.29, 1.82) is 0 Å². The number of carbonyl (C=O) groups is 1. The number of carbonyl (C=O) groups excluding carboxylic acids is 1. The molecular formula is C28H31FN4O4. The van der Waals surface area contributed by atoms with Crippen molar-refractivity contribution in [3.63, 3.8) is 0 Å². The molecule has 37 heavy (non-hydrogen) atoms. The molecule has 2 aromatic carbocycles. The van der Waals surface area contributed by atoms with Gasteiger partial charge in [-0.05, 0) is 58.9 Å². The Balaban J connectivity index is 1.81. The van der Waals surface area contributed by atoms with E-state index < -0.39 is 35.7 Å². The highest BCUT2D eigenvalue weighted by Crippen LogP contribution is 2.35. The van der Waals surface area contributed by atoms with Crippen LogP contribution in [0.4, 0.5) is 20.7 Å². The molecule has 1 aromatic heterocycles. The van der Waals surface area contributed by atoms with Crippen molar-refractivity contribution in [3.8, 4) is 11.8 Å². The first-order valence-corrected chi connectivity index (χ1v) is 11.8. The fraction of sp³-hybridized carbons (Fsp3) is 0.393. The van der Waals surface area contributed by atoms with Gasteiger partial charge in [0.15, 0.2) is 5.82 Å². The van der Waals surface area contributed by atoms with Crippen LogP contribution in [0.2, 0.25) is 0 Å². The molecule has 0 spiro atoms. The Labute approximate surface area is 219 Å². The first-order chi connectivity index (χ1) is 18.6. The number of aromatic nitrogens is 2. The number of nitrogens with one attached hydrogen (secondary N) is 1. The van der Waals surface area contributed by atoms with Gasteiger partial charge in [0.2, 0.25) is 0 Å². The molecule has 0 saturated carbocycles. The number of nitrogens with zero attached hydrogens (tertiary/aromatic N) is 3. The summed E-state index contributed by atoms with van der Waals surface area (Å²) in [6.07, 6.45) is -0.597. The molecule has 1 aliphatic rings. The second kappa shape index (κ2) is 9.87. The van der Waals surface area contributed by atoms with Crippen LogP contribution in [0, 0.1) is 17.7 Å². The summed E-state index contributed by atoms with van der Waals surface area (Å²) in [5, 5.41) is 2.66. The summed E-state index contributed by atoms with van der Waals surface area (Å²) in [6, 6.07) is 9.26. The summed E-state index contributed by atoms with van der Waals surface area (Å²) in [7, 11) is 0. The van der Waals surface area contributed by atoms with Crippen molar-refractivity contribution in [3.05, 3.63) is 63.8 Å². The Morgan fingerprint density at radius 2 is 1.97 bits per heavy atom. The van der Waals surface area contributed by atoms with Crippen molar-refractivity contribution >= 4 is 28.5 Å². The zero-order valence-corrected chi connectivity index (χ0v) is 21.4. The van der Waals surface area contributed by atoms with Crippen molar-refractivity contribution in [2.45, 2.75) is 52.4 Å². The van der Waals surface area contributed by atoms with Crippen LogP contribution in [0.25, 0.3) is 10.9 Å². The molecule has 1 amide bonds. The van der Waals surface area contributed by atoms with Gasteiger partial charge < -0.3 is 19.7 Å². The van der Waals surface area contributed by atoms with E-state index in [9.17, 15) is 9.59 Å². The van der Waals surface area contributed by atoms with E-state index in [1.807, 2.05) is 0 Å². The lowest BCUT2D eigenvalue weighted by Gasteiger charge is -2.26. The highest BCUT2D eigenvalue weighted by Gasteiger charge is 2.26. The van der Waals surface area contributed by atoms with Crippen LogP contribution in [-0.2, 0) is 23.1 Å². The minimum Gasteiger partial charge on any atom is -0.444 e. The number of hydrogen-bond acceptors (Lipinski definition) is 6. The molecule has 9 heteroatoms. The van der Waals surface area contributed by atoms with E-state index >= 15 is 4.39 Å². The molecule has 0 bridgehead atoms. The smallest absolute Gasteiger partial charge is 0.408 e. The first-order valence-electron chi connectivity index (χ1n) is 13.3. The van der Waals surface area contributed by atoms with E-state index in [0.717, 1.165) is 0 Å². The molecule has 0 fully saturated rings. The zero-order chi connectivity index (χ0) is 29.5. The van der Waals surface area contributed by atoms with Gasteiger partial charge in [-0.25, -0.2) is 14.0 Å². The predicted molar refractivity (Wildman–Crippen MR) is 140 cm³/mol. The third-order valence-electron chi connectivity index (χ3n) is 5.58. The standard InChI is InChI=1S/C28H31FN4O4/c1-27(2,3)37-26(35)31-28(4,5)14-13-18-9-7-11-21-19(18)17-36-16-15-33(21)24-23-20(29)10-8-12-22(23)32(6)25(34)30-24/h7-12H,15-17H2,1-6H3,(H,31,35)/i6D3. The minimum absolute atomic E-state index is 0.0117. The number of aryl methyl sites for hydroxylation is 1. The average molecular weight is 510 g/mol. The van der Waals surface area contributed by atoms with E-state index in [-0.39, 0.29) is 36.5 Å². The maximum atomic E-state index is 15.3. The normalized spacial score (nSPS) is 15.4. The second-order valence-electron chi connectivity index (χ2n) is 10.2. The van der Waals surface area contributed by atoms with Crippen LogP contribution in [0.5, 0.6) is 0 Å².